The molecule has 0 bridgehead atoms. The van der Waals surface area contributed by atoms with Gasteiger partial charge >= 0.3 is 6.03 Å². The summed E-state index contributed by atoms with van der Waals surface area (Å²) in [6.07, 6.45) is 0.0680. The molecule has 0 aliphatic carbocycles. The van der Waals surface area contributed by atoms with Gasteiger partial charge in [0.25, 0.3) is 0 Å². The number of likely N-dealkylation sites (N-methyl/N-ethyl adjacent to an activating group) is 1. The lowest BCUT2D eigenvalue weighted by atomic mass is 10.0. The van der Waals surface area contributed by atoms with Crippen LogP contribution in [-0.2, 0) is 4.79 Å². The number of nitrogens with zero attached hydrogens (tertiary/aromatic N) is 1. The van der Waals surface area contributed by atoms with Crippen molar-refractivity contribution in [2.24, 2.45) is 11.5 Å². The second kappa shape index (κ2) is 9.59. The van der Waals surface area contributed by atoms with Gasteiger partial charge in [-0.15, -0.1) is 0 Å². The SMILES string of the molecule is CC(CN)N(C)C(=O)CC(NC(N)=O)c1cccc(Oc2ccccc2)c1. The quantitative estimate of drug-likeness (QED) is 0.662. The number of carbonyl (C=O) groups excluding carboxylic acids is 2. The number of para-hydroxylation sites is 1. The van der Waals surface area contributed by atoms with E-state index in [4.69, 9.17) is 16.2 Å². The Bertz CT molecular complexity index is 767. The molecule has 0 saturated heterocycles. The van der Waals surface area contributed by atoms with E-state index in [1.807, 2.05) is 49.4 Å². The van der Waals surface area contributed by atoms with E-state index in [1.54, 1.807) is 24.1 Å². The molecular formula is C20H26N4O3. The summed E-state index contributed by atoms with van der Waals surface area (Å²) in [6.45, 7) is 2.22. The number of hydrogen-bond acceptors (Lipinski definition) is 4. The summed E-state index contributed by atoms with van der Waals surface area (Å²) in [7, 11) is 1.69. The Balaban J connectivity index is 2.19. The molecule has 0 heterocycles. The van der Waals surface area contributed by atoms with Crippen molar-refractivity contribution in [3.8, 4) is 11.5 Å². The van der Waals surface area contributed by atoms with Crippen LogP contribution in [0.2, 0.25) is 0 Å². The zero-order chi connectivity index (χ0) is 19.8. The van der Waals surface area contributed by atoms with Crippen LogP contribution in [0.25, 0.3) is 0 Å². The molecule has 0 fully saturated rings. The molecule has 0 aliphatic heterocycles. The van der Waals surface area contributed by atoms with Crippen LogP contribution >= 0.6 is 0 Å². The predicted octanol–water partition coefficient (Wildman–Crippen LogP) is 2.38. The number of nitrogens with two attached hydrogens (primary N) is 2. The topological polar surface area (TPSA) is 111 Å². The minimum atomic E-state index is -0.697. The van der Waals surface area contributed by atoms with Crippen molar-refractivity contribution >= 4 is 11.9 Å². The summed E-state index contributed by atoms with van der Waals surface area (Å²) in [5, 5.41) is 2.63. The second-order valence-electron chi connectivity index (χ2n) is 6.34. The Morgan fingerprint density at radius 1 is 1.11 bits per heavy atom. The smallest absolute Gasteiger partial charge is 0.312 e. The Hall–Kier alpha value is -3.06. The summed E-state index contributed by atoms with van der Waals surface area (Å²) in [5.41, 5.74) is 11.7. The molecule has 0 aliphatic rings. The maximum Gasteiger partial charge on any atom is 0.312 e. The molecule has 2 atom stereocenters. The monoisotopic (exact) mass is 370 g/mol. The lowest BCUT2D eigenvalue weighted by Gasteiger charge is -2.26. The zero-order valence-electron chi connectivity index (χ0n) is 15.6. The highest BCUT2D eigenvalue weighted by atomic mass is 16.5. The van der Waals surface area contributed by atoms with Gasteiger partial charge in [-0.2, -0.15) is 0 Å². The van der Waals surface area contributed by atoms with Crippen molar-refractivity contribution in [1.29, 1.82) is 0 Å². The number of ether oxygens (including phenoxy) is 1. The van der Waals surface area contributed by atoms with Crippen molar-refractivity contribution in [1.82, 2.24) is 10.2 Å². The third-order valence-electron chi connectivity index (χ3n) is 4.33. The van der Waals surface area contributed by atoms with Crippen LogP contribution in [0.15, 0.2) is 54.6 Å². The van der Waals surface area contributed by atoms with Gasteiger partial charge in [0.2, 0.25) is 5.91 Å². The van der Waals surface area contributed by atoms with E-state index in [0.717, 1.165) is 5.56 Å². The molecule has 5 N–H and O–H groups in total. The summed E-state index contributed by atoms with van der Waals surface area (Å²) in [5.74, 6) is 1.16. The van der Waals surface area contributed by atoms with Crippen molar-refractivity contribution in [3.05, 3.63) is 60.2 Å². The van der Waals surface area contributed by atoms with Crippen molar-refractivity contribution in [3.63, 3.8) is 0 Å². The molecule has 2 aromatic rings. The number of amides is 3. The third kappa shape index (κ3) is 6.00. The number of benzene rings is 2. The molecule has 27 heavy (non-hydrogen) atoms. The zero-order valence-corrected chi connectivity index (χ0v) is 15.6. The van der Waals surface area contributed by atoms with Gasteiger partial charge in [-0.1, -0.05) is 30.3 Å². The summed E-state index contributed by atoms with van der Waals surface area (Å²) in [4.78, 5) is 25.5. The van der Waals surface area contributed by atoms with E-state index < -0.39 is 12.1 Å². The summed E-state index contributed by atoms with van der Waals surface area (Å²) < 4.78 is 5.83. The van der Waals surface area contributed by atoms with Crippen LogP contribution in [0.5, 0.6) is 11.5 Å². The maximum absolute atomic E-state index is 12.5. The number of primary amides is 1. The Labute approximate surface area is 159 Å². The van der Waals surface area contributed by atoms with Crippen molar-refractivity contribution in [2.45, 2.75) is 25.4 Å². The Kier molecular flexibility index (Phi) is 7.19. The molecule has 2 rings (SSSR count). The van der Waals surface area contributed by atoms with Gasteiger partial charge in [-0.05, 0) is 36.8 Å². The van der Waals surface area contributed by atoms with E-state index >= 15 is 0 Å². The molecule has 0 radical (unpaired) electrons. The normalized spacial score (nSPS) is 12.7. The first-order valence-electron chi connectivity index (χ1n) is 8.75. The van der Waals surface area contributed by atoms with Gasteiger partial charge in [-0.3, -0.25) is 4.79 Å². The largest absolute Gasteiger partial charge is 0.457 e. The molecule has 0 aromatic heterocycles. The fourth-order valence-electron chi connectivity index (χ4n) is 2.57. The highest BCUT2D eigenvalue weighted by Crippen LogP contribution is 2.26. The molecule has 3 amide bonds. The van der Waals surface area contributed by atoms with Crippen molar-refractivity contribution in [2.75, 3.05) is 13.6 Å². The van der Waals surface area contributed by atoms with E-state index in [2.05, 4.69) is 5.32 Å². The third-order valence-corrected chi connectivity index (χ3v) is 4.33. The van der Waals surface area contributed by atoms with E-state index in [-0.39, 0.29) is 18.4 Å². The fraction of sp³-hybridized carbons (Fsp3) is 0.300. The molecule has 2 aromatic carbocycles. The van der Waals surface area contributed by atoms with E-state index in [1.165, 1.54) is 0 Å². The van der Waals surface area contributed by atoms with Crippen molar-refractivity contribution < 1.29 is 14.3 Å². The van der Waals surface area contributed by atoms with Crippen LogP contribution in [0.1, 0.15) is 24.9 Å². The van der Waals surface area contributed by atoms with Gasteiger partial charge in [0.1, 0.15) is 11.5 Å². The van der Waals surface area contributed by atoms with Gasteiger partial charge in [-0.25, -0.2) is 4.79 Å². The number of urea groups is 1. The Morgan fingerprint density at radius 2 is 1.78 bits per heavy atom. The molecule has 144 valence electrons. The van der Waals surface area contributed by atoms with E-state index in [9.17, 15) is 9.59 Å². The molecular weight excluding hydrogens is 344 g/mol. The lowest BCUT2D eigenvalue weighted by molar-refractivity contribution is -0.132. The fourth-order valence-corrected chi connectivity index (χ4v) is 2.57. The average Bonchev–Trinajstić information content (AvgIpc) is 2.66. The van der Waals surface area contributed by atoms with Crippen LogP contribution in [0, 0.1) is 0 Å². The summed E-state index contributed by atoms with van der Waals surface area (Å²) in [6, 6.07) is 15.2. The standard InChI is InChI=1S/C20H26N4O3/c1-14(13-21)24(2)19(25)12-18(23-20(22)26)15-7-6-10-17(11-15)27-16-8-4-3-5-9-16/h3-11,14,18H,12-13,21H2,1-2H3,(H3,22,23,26). The van der Waals surface area contributed by atoms with Gasteiger partial charge < -0.3 is 26.4 Å². The first-order valence-corrected chi connectivity index (χ1v) is 8.75. The van der Waals surface area contributed by atoms with Crippen LogP contribution in [-0.4, -0.2) is 36.5 Å². The number of carbonyl (C=O) groups is 2. The molecule has 0 saturated carbocycles. The number of hydrogen-bond donors (Lipinski definition) is 3. The molecule has 0 spiro atoms. The van der Waals surface area contributed by atoms with Gasteiger partial charge in [0.05, 0.1) is 12.5 Å². The molecule has 2 unspecified atom stereocenters. The average molecular weight is 370 g/mol. The maximum atomic E-state index is 12.5. The number of nitrogens with one attached hydrogen (secondary N) is 1. The van der Waals surface area contributed by atoms with Gasteiger partial charge in [0.15, 0.2) is 0 Å². The lowest BCUT2D eigenvalue weighted by Crippen LogP contribution is -2.42. The molecule has 7 nitrogen and oxygen atoms in total. The van der Waals surface area contributed by atoms with Crippen LogP contribution < -0.4 is 21.5 Å². The highest BCUT2D eigenvalue weighted by molar-refractivity contribution is 5.79. The Morgan fingerprint density at radius 3 is 2.41 bits per heavy atom. The first kappa shape index (κ1) is 20.3. The first-order chi connectivity index (χ1) is 12.9. The van der Waals surface area contributed by atoms with Crippen LogP contribution in [0.3, 0.4) is 0 Å². The minimum absolute atomic E-state index is 0.0680. The second-order valence-corrected chi connectivity index (χ2v) is 6.34. The number of rotatable bonds is 8. The predicted molar refractivity (Wildman–Crippen MR) is 104 cm³/mol. The molecule has 7 heteroatoms. The van der Waals surface area contributed by atoms with E-state index in [0.29, 0.717) is 18.0 Å². The van der Waals surface area contributed by atoms with Gasteiger partial charge in [0, 0.05) is 19.6 Å². The van der Waals surface area contributed by atoms with Crippen LogP contribution in [0.4, 0.5) is 4.79 Å². The highest BCUT2D eigenvalue weighted by Gasteiger charge is 2.22. The minimum Gasteiger partial charge on any atom is -0.457 e. The summed E-state index contributed by atoms with van der Waals surface area (Å²) >= 11 is 0.